The second-order valence-corrected chi connectivity index (χ2v) is 7.37. The second-order valence-electron chi connectivity index (χ2n) is 6.93. The molecule has 3 nitrogen and oxygen atoms in total. The summed E-state index contributed by atoms with van der Waals surface area (Å²) >= 11 is 6.25. The number of halogens is 1. The largest absolute Gasteiger partial charge is 0.508 e. The molecule has 0 saturated carbocycles. The van der Waals surface area contributed by atoms with Crippen molar-refractivity contribution in [1.29, 1.82) is 0 Å². The van der Waals surface area contributed by atoms with E-state index in [0.717, 1.165) is 44.8 Å². The van der Waals surface area contributed by atoms with Gasteiger partial charge in [0.15, 0.2) is 0 Å². The maximum Gasteiger partial charge on any atom is 0.125 e. The van der Waals surface area contributed by atoms with E-state index in [1.165, 1.54) is 0 Å². The fourth-order valence-electron chi connectivity index (χ4n) is 3.88. The molecule has 0 aliphatic heterocycles. The number of fused-ring (bicyclic) bond motifs is 3. The maximum absolute atomic E-state index is 10.5. The highest BCUT2D eigenvalue weighted by atomic mass is 35.5. The molecule has 0 bridgehead atoms. The lowest BCUT2D eigenvalue weighted by atomic mass is 9.96. The van der Waals surface area contributed by atoms with Gasteiger partial charge in [0.2, 0.25) is 0 Å². The van der Waals surface area contributed by atoms with Gasteiger partial charge in [0.1, 0.15) is 11.5 Å². The van der Waals surface area contributed by atoms with E-state index in [-0.39, 0.29) is 11.5 Å². The Morgan fingerprint density at radius 1 is 0.821 bits per heavy atom. The molecular formula is C24H16ClNO2. The fourth-order valence-corrected chi connectivity index (χ4v) is 4.07. The monoisotopic (exact) mass is 385 g/mol. The van der Waals surface area contributed by atoms with Crippen LogP contribution in [-0.4, -0.2) is 15.2 Å². The second kappa shape index (κ2) is 6.39. The Bertz CT molecular complexity index is 1230. The SMILES string of the molecule is Oc1cccc(-c2cc(-c3cccc(Cl)c3)c3c(n2)-c2c(O)cccc2C3)c1. The van der Waals surface area contributed by atoms with Crippen molar-refractivity contribution in [3.8, 4) is 45.1 Å². The number of pyridine rings is 1. The molecule has 0 saturated heterocycles. The summed E-state index contributed by atoms with van der Waals surface area (Å²) in [5.74, 6) is 0.418. The summed E-state index contributed by atoms with van der Waals surface area (Å²) in [4.78, 5) is 4.87. The minimum Gasteiger partial charge on any atom is -0.508 e. The summed E-state index contributed by atoms with van der Waals surface area (Å²) in [6.07, 6.45) is 0.703. The van der Waals surface area contributed by atoms with Crippen LogP contribution in [0.15, 0.2) is 72.8 Å². The number of benzene rings is 3. The number of hydrogen-bond acceptors (Lipinski definition) is 3. The van der Waals surface area contributed by atoms with Gasteiger partial charge >= 0.3 is 0 Å². The van der Waals surface area contributed by atoms with Crippen molar-refractivity contribution in [2.75, 3.05) is 0 Å². The molecule has 0 spiro atoms. The van der Waals surface area contributed by atoms with Crippen LogP contribution < -0.4 is 0 Å². The summed E-state index contributed by atoms with van der Waals surface area (Å²) in [6.45, 7) is 0. The molecule has 5 rings (SSSR count). The van der Waals surface area contributed by atoms with Gasteiger partial charge in [-0.1, -0.05) is 48.0 Å². The first-order valence-electron chi connectivity index (χ1n) is 9.00. The minimum atomic E-state index is 0.187. The number of phenols is 2. The smallest absolute Gasteiger partial charge is 0.125 e. The summed E-state index contributed by atoms with van der Waals surface area (Å²) in [7, 11) is 0. The molecular weight excluding hydrogens is 370 g/mol. The number of nitrogens with zero attached hydrogens (tertiary/aromatic N) is 1. The summed E-state index contributed by atoms with van der Waals surface area (Å²) in [5, 5.41) is 21.1. The topological polar surface area (TPSA) is 53.4 Å². The van der Waals surface area contributed by atoms with Crippen LogP contribution in [0.4, 0.5) is 0 Å². The molecule has 2 N–H and O–H groups in total. The van der Waals surface area contributed by atoms with E-state index in [4.69, 9.17) is 16.6 Å². The van der Waals surface area contributed by atoms with Crippen LogP contribution in [0.25, 0.3) is 33.6 Å². The molecule has 4 heteroatoms. The van der Waals surface area contributed by atoms with Crippen molar-refractivity contribution >= 4 is 11.6 Å². The van der Waals surface area contributed by atoms with Gasteiger partial charge < -0.3 is 10.2 Å². The number of aromatic nitrogens is 1. The number of hydrogen-bond donors (Lipinski definition) is 2. The molecule has 0 fully saturated rings. The highest BCUT2D eigenvalue weighted by Gasteiger charge is 2.27. The molecule has 0 amide bonds. The molecule has 0 radical (unpaired) electrons. The standard InChI is InChI=1S/C24H16ClNO2/c25-17-7-1-4-14(10-17)19-13-21(15-5-2-8-18(27)11-15)26-24-20(19)12-16-6-3-9-22(28)23(16)24/h1-11,13,27-28H,12H2. The molecule has 1 heterocycles. The van der Waals surface area contributed by atoms with Gasteiger partial charge in [-0.05, 0) is 58.7 Å². The molecule has 0 unspecified atom stereocenters. The number of aromatic hydroxyl groups is 2. The Balaban J connectivity index is 1.82. The van der Waals surface area contributed by atoms with Crippen LogP contribution in [0.5, 0.6) is 11.5 Å². The first kappa shape index (κ1) is 16.8. The van der Waals surface area contributed by atoms with Gasteiger partial charge in [-0.2, -0.15) is 0 Å². The minimum absolute atomic E-state index is 0.187. The zero-order valence-electron chi connectivity index (χ0n) is 14.9. The number of phenolic OH excluding ortho intramolecular Hbond substituents is 2. The fraction of sp³-hybridized carbons (Fsp3) is 0.0417. The van der Waals surface area contributed by atoms with E-state index in [2.05, 4.69) is 0 Å². The van der Waals surface area contributed by atoms with E-state index < -0.39 is 0 Å². The Kier molecular flexibility index (Phi) is 3.85. The van der Waals surface area contributed by atoms with Crippen LogP contribution in [0, 0.1) is 0 Å². The summed E-state index contributed by atoms with van der Waals surface area (Å²) in [6, 6.07) is 22.4. The normalized spacial score (nSPS) is 11.9. The molecule has 3 aromatic carbocycles. The zero-order chi connectivity index (χ0) is 19.3. The highest BCUT2D eigenvalue weighted by molar-refractivity contribution is 6.30. The molecule has 0 atom stereocenters. The number of rotatable bonds is 2. The van der Waals surface area contributed by atoms with Crippen molar-refractivity contribution in [2.45, 2.75) is 6.42 Å². The predicted octanol–water partition coefficient (Wildman–Crippen LogP) is 6.05. The van der Waals surface area contributed by atoms with Crippen LogP contribution >= 0.6 is 11.6 Å². The van der Waals surface area contributed by atoms with Gasteiger partial charge in [-0.15, -0.1) is 0 Å². The van der Waals surface area contributed by atoms with Crippen molar-refractivity contribution in [3.05, 3.63) is 88.9 Å². The molecule has 1 aliphatic rings. The maximum atomic E-state index is 10.5. The van der Waals surface area contributed by atoms with Crippen molar-refractivity contribution in [2.24, 2.45) is 0 Å². The Labute approximate surface area is 167 Å². The lowest BCUT2D eigenvalue weighted by Gasteiger charge is -2.13. The van der Waals surface area contributed by atoms with E-state index in [9.17, 15) is 10.2 Å². The van der Waals surface area contributed by atoms with Gasteiger partial charge in [-0.3, -0.25) is 0 Å². The van der Waals surface area contributed by atoms with E-state index in [1.807, 2.05) is 48.5 Å². The lowest BCUT2D eigenvalue weighted by Crippen LogP contribution is -1.94. The molecule has 28 heavy (non-hydrogen) atoms. The van der Waals surface area contributed by atoms with E-state index in [0.29, 0.717) is 11.4 Å². The van der Waals surface area contributed by atoms with Crippen LogP contribution in [0.1, 0.15) is 11.1 Å². The van der Waals surface area contributed by atoms with Crippen LogP contribution in [0.3, 0.4) is 0 Å². The van der Waals surface area contributed by atoms with E-state index in [1.54, 1.807) is 24.3 Å². The Hall–Kier alpha value is -3.30. The van der Waals surface area contributed by atoms with Crippen molar-refractivity contribution < 1.29 is 10.2 Å². The average molecular weight is 386 g/mol. The highest BCUT2D eigenvalue weighted by Crippen LogP contribution is 2.46. The Morgan fingerprint density at radius 2 is 1.61 bits per heavy atom. The van der Waals surface area contributed by atoms with Crippen molar-refractivity contribution in [1.82, 2.24) is 4.98 Å². The predicted molar refractivity (Wildman–Crippen MR) is 112 cm³/mol. The van der Waals surface area contributed by atoms with Gasteiger partial charge in [0.05, 0.1) is 11.4 Å². The first-order valence-corrected chi connectivity index (χ1v) is 9.38. The van der Waals surface area contributed by atoms with E-state index >= 15 is 0 Å². The third-order valence-electron chi connectivity index (χ3n) is 5.13. The van der Waals surface area contributed by atoms with Crippen molar-refractivity contribution in [3.63, 3.8) is 0 Å². The van der Waals surface area contributed by atoms with Gasteiger partial charge in [-0.25, -0.2) is 4.98 Å². The van der Waals surface area contributed by atoms with Gasteiger partial charge in [0.25, 0.3) is 0 Å². The molecule has 4 aromatic rings. The third-order valence-corrected chi connectivity index (χ3v) is 5.37. The van der Waals surface area contributed by atoms with Crippen LogP contribution in [-0.2, 0) is 6.42 Å². The molecule has 136 valence electrons. The third kappa shape index (κ3) is 2.72. The molecule has 1 aromatic heterocycles. The lowest BCUT2D eigenvalue weighted by molar-refractivity contribution is 0.475. The zero-order valence-corrected chi connectivity index (χ0v) is 15.6. The first-order chi connectivity index (χ1) is 13.6. The van der Waals surface area contributed by atoms with Gasteiger partial charge in [0, 0.05) is 22.6 Å². The summed E-state index contributed by atoms with van der Waals surface area (Å²) in [5.41, 5.74) is 7.27. The van der Waals surface area contributed by atoms with Crippen LogP contribution in [0.2, 0.25) is 5.02 Å². The average Bonchev–Trinajstić information content (AvgIpc) is 3.07. The Morgan fingerprint density at radius 3 is 2.43 bits per heavy atom. The quantitative estimate of drug-likeness (QED) is 0.389. The summed E-state index contributed by atoms with van der Waals surface area (Å²) < 4.78 is 0. The molecule has 1 aliphatic carbocycles.